The molecule has 0 saturated carbocycles. The van der Waals surface area contributed by atoms with Crippen LogP contribution in [0.5, 0.6) is 0 Å². The molecule has 0 radical (unpaired) electrons. The van der Waals surface area contributed by atoms with Crippen LogP contribution in [0.25, 0.3) is 0 Å². The van der Waals surface area contributed by atoms with E-state index in [1.807, 2.05) is 13.8 Å². The van der Waals surface area contributed by atoms with Crippen LogP contribution in [0.2, 0.25) is 0 Å². The predicted octanol–water partition coefficient (Wildman–Crippen LogP) is -3.08. The quantitative estimate of drug-likeness (QED) is 0.316. The number of aliphatic hydroxyl groups is 2. The van der Waals surface area contributed by atoms with Gasteiger partial charge in [-0.05, 0) is 12.3 Å². The fraction of sp³-hybridized carbons (Fsp3) is 0.688. The maximum Gasteiger partial charge on any atom is 0.362 e. The summed E-state index contributed by atoms with van der Waals surface area (Å²) in [4.78, 5) is 35.5. The van der Waals surface area contributed by atoms with Crippen LogP contribution in [-0.2, 0) is 31.1 Å². The summed E-state index contributed by atoms with van der Waals surface area (Å²) < 4.78 is 37.3. The second kappa shape index (κ2) is 9.36. The molecule has 1 aliphatic rings. The van der Waals surface area contributed by atoms with Gasteiger partial charge in [0.05, 0.1) is 12.6 Å². The lowest BCUT2D eigenvalue weighted by atomic mass is 10.0. The van der Waals surface area contributed by atoms with Crippen LogP contribution in [0.1, 0.15) is 26.5 Å². The molecule has 1 aliphatic heterocycles. The second-order valence-corrected chi connectivity index (χ2v) is 8.74. The number of rotatable bonds is 8. The molecule has 0 spiro atoms. The van der Waals surface area contributed by atoms with Crippen molar-refractivity contribution in [3.05, 3.63) is 33.1 Å². The number of carbonyl (C=O) groups is 1. The van der Waals surface area contributed by atoms with E-state index < -0.39 is 64.6 Å². The normalized spacial score (nSPS) is 25.4. The van der Waals surface area contributed by atoms with Crippen molar-refractivity contribution in [2.75, 3.05) is 6.61 Å². The van der Waals surface area contributed by atoms with Crippen molar-refractivity contribution in [2.24, 2.45) is 18.7 Å². The van der Waals surface area contributed by atoms with Crippen molar-refractivity contribution in [2.45, 2.75) is 50.8 Å². The molecule has 1 fully saturated rings. The third-order valence-electron chi connectivity index (χ3n) is 4.50. The monoisotopic (exact) mass is 450 g/mol. The van der Waals surface area contributed by atoms with Crippen LogP contribution >= 0.6 is 0 Å². The molecule has 0 aromatic carbocycles. The number of nitrogens with zero attached hydrogens (tertiary/aromatic N) is 2. The average Bonchev–Trinajstić information content (AvgIpc) is 2.92. The Balaban J connectivity index is 2.04. The number of hydrogen-bond acceptors (Lipinski definition) is 10. The Kier molecular flexibility index (Phi) is 7.54. The van der Waals surface area contributed by atoms with Crippen LogP contribution in [0.15, 0.2) is 21.9 Å². The van der Waals surface area contributed by atoms with E-state index in [9.17, 15) is 33.0 Å². The van der Waals surface area contributed by atoms with Gasteiger partial charge in [0.15, 0.2) is 6.23 Å². The summed E-state index contributed by atoms with van der Waals surface area (Å²) in [6.45, 7) is 2.88. The number of ether oxygens (including phenoxy) is 1. The Hall–Kier alpha value is -2.10. The summed E-state index contributed by atoms with van der Waals surface area (Å²) in [5.74, 6) is -0.887. The molecule has 1 aromatic heterocycles. The largest absolute Gasteiger partial charge is 0.387 e. The summed E-state index contributed by atoms with van der Waals surface area (Å²) in [5.41, 5.74) is 4.23. The highest BCUT2D eigenvalue weighted by Crippen LogP contribution is 2.28. The standard InChI is InChI=1S/C16H26N4O9S/c1-8(2)6-9(17)14(24)18-30(26,27)28-7-10-12(22)13(23)15(29-10)20-5-4-11(21)19(3)16(20)25/h4-5,8-10,12-13,15,22-23H,6-7,17H2,1-3H3,(H,18,24)/t9-,10+,12+,13+,15+/m0/s1. The highest BCUT2D eigenvalue weighted by atomic mass is 32.2. The van der Waals surface area contributed by atoms with Crippen LogP contribution in [0.3, 0.4) is 0 Å². The molecule has 5 atom stereocenters. The molecule has 1 aromatic rings. The van der Waals surface area contributed by atoms with E-state index in [2.05, 4.69) is 4.18 Å². The molecule has 1 amide bonds. The molecule has 0 aliphatic carbocycles. The van der Waals surface area contributed by atoms with Crippen LogP contribution < -0.4 is 21.7 Å². The Bertz CT molecular complexity index is 987. The van der Waals surface area contributed by atoms with Crippen molar-refractivity contribution < 1.29 is 32.3 Å². The van der Waals surface area contributed by atoms with Gasteiger partial charge in [-0.2, -0.15) is 8.42 Å². The fourth-order valence-corrected chi connectivity index (χ4v) is 3.65. The van der Waals surface area contributed by atoms with Gasteiger partial charge < -0.3 is 20.7 Å². The van der Waals surface area contributed by atoms with Crippen molar-refractivity contribution in [3.8, 4) is 0 Å². The zero-order valence-electron chi connectivity index (χ0n) is 16.7. The molecule has 14 heteroatoms. The highest BCUT2D eigenvalue weighted by Gasteiger charge is 2.45. The van der Waals surface area contributed by atoms with Gasteiger partial charge in [-0.15, -0.1) is 0 Å². The van der Waals surface area contributed by atoms with Gasteiger partial charge in [-0.3, -0.25) is 22.9 Å². The van der Waals surface area contributed by atoms with Gasteiger partial charge in [-0.25, -0.2) is 9.52 Å². The molecule has 0 unspecified atom stereocenters. The summed E-state index contributed by atoms with van der Waals surface area (Å²) in [6.07, 6.45) is -4.59. The first kappa shape index (κ1) is 24.2. The lowest BCUT2D eigenvalue weighted by molar-refractivity contribution is -0.121. The molecule has 13 nitrogen and oxygen atoms in total. The zero-order valence-corrected chi connectivity index (χ0v) is 17.5. The molecule has 5 N–H and O–H groups in total. The Morgan fingerprint density at radius 2 is 1.97 bits per heavy atom. The zero-order chi connectivity index (χ0) is 22.8. The molecule has 2 rings (SSSR count). The number of nitrogens with one attached hydrogen (secondary N) is 1. The smallest absolute Gasteiger partial charge is 0.362 e. The fourth-order valence-electron chi connectivity index (χ4n) is 2.88. The summed E-state index contributed by atoms with van der Waals surface area (Å²) in [6, 6.07) is 0.00755. The van der Waals surface area contributed by atoms with E-state index >= 15 is 0 Å². The van der Waals surface area contributed by atoms with E-state index in [1.54, 1.807) is 4.72 Å². The number of amides is 1. The first-order chi connectivity index (χ1) is 13.8. The topological polar surface area (TPSA) is 192 Å². The van der Waals surface area contributed by atoms with E-state index in [-0.39, 0.29) is 12.3 Å². The highest BCUT2D eigenvalue weighted by molar-refractivity contribution is 7.85. The minimum absolute atomic E-state index is 0.0655. The molecular formula is C16H26N4O9S. The van der Waals surface area contributed by atoms with Gasteiger partial charge in [0.2, 0.25) is 0 Å². The van der Waals surface area contributed by atoms with Gasteiger partial charge in [-0.1, -0.05) is 13.8 Å². The van der Waals surface area contributed by atoms with Crippen LogP contribution in [0.4, 0.5) is 0 Å². The first-order valence-electron chi connectivity index (χ1n) is 9.10. The van der Waals surface area contributed by atoms with Crippen LogP contribution in [0, 0.1) is 5.92 Å². The molecule has 1 saturated heterocycles. The minimum Gasteiger partial charge on any atom is -0.387 e. The van der Waals surface area contributed by atoms with Gasteiger partial charge >= 0.3 is 16.0 Å². The lowest BCUT2D eigenvalue weighted by Crippen LogP contribution is -2.45. The van der Waals surface area contributed by atoms with Gasteiger partial charge in [0.25, 0.3) is 11.5 Å². The van der Waals surface area contributed by atoms with Crippen molar-refractivity contribution in [3.63, 3.8) is 0 Å². The number of hydrogen-bond donors (Lipinski definition) is 4. The third kappa shape index (κ3) is 5.53. The van der Waals surface area contributed by atoms with E-state index in [0.29, 0.717) is 0 Å². The summed E-state index contributed by atoms with van der Waals surface area (Å²) in [5, 5.41) is 20.3. The van der Waals surface area contributed by atoms with Crippen molar-refractivity contribution in [1.82, 2.24) is 13.9 Å². The van der Waals surface area contributed by atoms with E-state index in [0.717, 1.165) is 21.4 Å². The summed E-state index contributed by atoms with van der Waals surface area (Å²) >= 11 is 0. The Labute approximate surface area is 172 Å². The maximum atomic E-state index is 12.2. The lowest BCUT2D eigenvalue weighted by Gasteiger charge is -2.18. The van der Waals surface area contributed by atoms with Gasteiger partial charge in [0, 0.05) is 19.3 Å². The Morgan fingerprint density at radius 3 is 2.57 bits per heavy atom. The predicted molar refractivity (Wildman–Crippen MR) is 102 cm³/mol. The minimum atomic E-state index is -4.56. The SMILES string of the molecule is CC(C)C[C@H](N)C(=O)NS(=O)(=O)OC[C@H]1O[C@@H](n2ccc(=O)n(C)c2=O)[C@H](O)[C@@H]1O. The third-order valence-corrected chi connectivity index (χ3v) is 5.40. The van der Waals surface area contributed by atoms with Gasteiger partial charge in [0.1, 0.15) is 18.3 Å². The summed E-state index contributed by atoms with van der Waals surface area (Å²) in [7, 11) is -3.34. The average molecular weight is 450 g/mol. The molecular weight excluding hydrogens is 424 g/mol. The number of aliphatic hydroxyl groups excluding tert-OH is 2. The second-order valence-electron chi connectivity index (χ2n) is 7.39. The van der Waals surface area contributed by atoms with Crippen molar-refractivity contribution >= 4 is 16.2 Å². The van der Waals surface area contributed by atoms with E-state index in [4.69, 9.17) is 10.5 Å². The molecule has 30 heavy (non-hydrogen) atoms. The van der Waals surface area contributed by atoms with Crippen LogP contribution in [-0.4, -0.2) is 64.6 Å². The number of aromatic nitrogens is 2. The molecule has 0 bridgehead atoms. The first-order valence-corrected chi connectivity index (χ1v) is 10.5. The van der Waals surface area contributed by atoms with Crippen molar-refractivity contribution in [1.29, 1.82) is 0 Å². The number of carbonyl (C=O) groups excluding carboxylic acids is 1. The molecule has 170 valence electrons. The number of nitrogens with two attached hydrogens (primary N) is 1. The molecule has 2 heterocycles. The Morgan fingerprint density at radius 1 is 1.33 bits per heavy atom. The maximum absolute atomic E-state index is 12.2. The van der Waals surface area contributed by atoms with E-state index in [1.165, 1.54) is 7.05 Å².